The van der Waals surface area contributed by atoms with Crippen LogP contribution >= 0.6 is 0 Å². The zero-order chi connectivity index (χ0) is 17.2. The Morgan fingerprint density at radius 3 is 2.57 bits per heavy atom. The molecule has 0 aliphatic heterocycles. The Labute approximate surface area is 133 Å². The van der Waals surface area contributed by atoms with Crippen LogP contribution in [0.5, 0.6) is 0 Å². The van der Waals surface area contributed by atoms with E-state index in [0.717, 1.165) is 0 Å². The number of nitrogens with one attached hydrogen (secondary N) is 1. The number of hydrogen-bond acceptors (Lipinski definition) is 4. The van der Waals surface area contributed by atoms with Crippen molar-refractivity contribution in [3.63, 3.8) is 0 Å². The van der Waals surface area contributed by atoms with E-state index in [0.29, 0.717) is 17.9 Å². The average Bonchev–Trinajstić information content (AvgIpc) is 2.82. The predicted octanol–water partition coefficient (Wildman–Crippen LogP) is 0.0353. The summed E-state index contributed by atoms with van der Waals surface area (Å²) in [5, 5.41) is 7.74. The largest absolute Gasteiger partial charge is 0.353 e. The van der Waals surface area contributed by atoms with Gasteiger partial charge in [0.05, 0.1) is 17.0 Å². The molecule has 0 saturated heterocycles. The molecule has 0 unspecified atom stereocenters. The van der Waals surface area contributed by atoms with E-state index in [1.54, 1.807) is 13.2 Å². The van der Waals surface area contributed by atoms with Gasteiger partial charge in [0.25, 0.3) is 5.56 Å². The lowest BCUT2D eigenvalue weighted by Crippen LogP contribution is -2.21. The fraction of sp³-hybridized carbons (Fsp3) is 0.286. The fourth-order valence-electron chi connectivity index (χ4n) is 2.13. The van der Waals surface area contributed by atoms with Gasteiger partial charge in [-0.2, -0.15) is 0 Å². The summed E-state index contributed by atoms with van der Waals surface area (Å²) in [6, 6.07) is 4.26. The number of anilines is 1. The predicted molar refractivity (Wildman–Crippen MR) is 85.5 cm³/mol. The molecule has 0 bridgehead atoms. The highest BCUT2D eigenvalue weighted by Gasteiger charge is 2.15. The molecule has 0 spiro atoms. The van der Waals surface area contributed by atoms with Crippen LogP contribution in [0.15, 0.2) is 40.3 Å². The third-order valence-electron chi connectivity index (χ3n) is 3.36. The Hall–Kier alpha value is -2.39. The van der Waals surface area contributed by atoms with E-state index in [9.17, 15) is 18.0 Å². The highest BCUT2D eigenvalue weighted by Crippen LogP contribution is 2.13. The first-order valence-electron chi connectivity index (χ1n) is 6.89. The molecule has 0 aromatic carbocycles. The molecule has 0 aliphatic rings. The maximum absolute atomic E-state index is 12.1. The summed E-state index contributed by atoms with van der Waals surface area (Å²) in [5.41, 5.74) is 0.860. The molecule has 0 saturated carbocycles. The molecule has 0 aliphatic carbocycles. The third-order valence-corrected chi connectivity index (χ3v) is 4.24. The first-order valence-corrected chi connectivity index (χ1v) is 8.43. The monoisotopic (exact) mass is 338 g/mol. The second-order valence-corrected chi connectivity index (χ2v) is 6.65. The van der Waals surface area contributed by atoms with Crippen LogP contribution in [0.3, 0.4) is 0 Å². The topological polar surface area (TPSA) is 116 Å². The zero-order valence-electron chi connectivity index (χ0n) is 12.8. The molecule has 9 heteroatoms. The number of rotatable bonds is 5. The summed E-state index contributed by atoms with van der Waals surface area (Å²) < 4.78 is 25.6. The van der Waals surface area contributed by atoms with Crippen molar-refractivity contribution >= 4 is 21.6 Å². The molecule has 0 fully saturated rings. The average molecular weight is 338 g/mol. The number of primary sulfonamides is 1. The van der Waals surface area contributed by atoms with Crippen LogP contribution in [0.25, 0.3) is 0 Å². The quantitative estimate of drug-likeness (QED) is 0.800. The molecular formula is C14H18N4O4S. The zero-order valence-corrected chi connectivity index (χ0v) is 13.6. The van der Waals surface area contributed by atoms with E-state index in [-0.39, 0.29) is 22.8 Å². The standard InChI is InChI=1S/C14H18N4O4S/c1-3-18-8-10(4-5-14(18)20)16-13(19)7-11-6-12(9-17(11)2)23(15,21)22/h4-6,8-9H,3,7H2,1-2H3,(H,16,19)(H2,15,21,22). The first kappa shape index (κ1) is 17.0. The minimum Gasteiger partial charge on any atom is -0.353 e. The summed E-state index contributed by atoms with van der Waals surface area (Å²) >= 11 is 0. The first-order chi connectivity index (χ1) is 10.7. The number of pyridine rings is 1. The number of aromatic nitrogens is 2. The molecule has 2 heterocycles. The molecule has 0 atom stereocenters. The Bertz CT molecular complexity index is 896. The van der Waals surface area contributed by atoms with Crippen LogP contribution in [-0.2, 0) is 34.8 Å². The van der Waals surface area contributed by atoms with Crippen LogP contribution in [0.4, 0.5) is 5.69 Å². The van der Waals surface area contributed by atoms with E-state index in [2.05, 4.69) is 5.32 Å². The number of aryl methyl sites for hydroxylation is 2. The number of nitrogens with two attached hydrogens (primary N) is 1. The SMILES string of the molecule is CCn1cc(NC(=O)Cc2cc(S(N)(=O)=O)cn2C)ccc1=O. The van der Waals surface area contributed by atoms with Crippen molar-refractivity contribution in [2.45, 2.75) is 24.8 Å². The second kappa shape index (κ2) is 6.39. The minimum atomic E-state index is -3.80. The third kappa shape index (κ3) is 4.08. The van der Waals surface area contributed by atoms with Crippen molar-refractivity contribution in [1.29, 1.82) is 0 Å². The van der Waals surface area contributed by atoms with E-state index in [1.165, 1.54) is 33.5 Å². The molecular weight excluding hydrogens is 320 g/mol. The van der Waals surface area contributed by atoms with E-state index in [1.807, 2.05) is 6.92 Å². The van der Waals surface area contributed by atoms with Crippen LogP contribution in [0, 0.1) is 0 Å². The molecule has 8 nitrogen and oxygen atoms in total. The Morgan fingerprint density at radius 1 is 1.30 bits per heavy atom. The van der Waals surface area contributed by atoms with Crippen molar-refractivity contribution in [1.82, 2.24) is 9.13 Å². The molecule has 2 aromatic heterocycles. The fourth-order valence-corrected chi connectivity index (χ4v) is 2.74. The van der Waals surface area contributed by atoms with Crippen LogP contribution in [0.2, 0.25) is 0 Å². The lowest BCUT2D eigenvalue weighted by atomic mass is 10.3. The van der Waals surface area contributed by atoms with Gasteiger partial charge in [-0.25, -0.2) is 13.6 Å². The Kier molecular flexibility index (Phi) is 4.71. The molecule has 0 radical (unpaired) electrons. The van der Waals surface area contributed by atoms with Crippen molar-refractivity contribution in [2.24, 2.45) is 12.2 Å². The Balaban J connectivity index is 2.14. The highest BCUT2D eigenvalue weighted by atomic mass is 32.2. The lowest BCUT2D eigenvalue weighted by molar-refractivity contribution is -0.115. The minimum absolute atomic E-state index is 0.0166. The maximum Gasteiger partial charge on any atom is 0.250 e. The summed E-state index contributed by atoms with van der Waals surface area (Å²) in [5.74, 6) is -0.325. The summed E-state index contributed by atoms with van der Waals surface area (Å²) in [4.78, 5) is 23.5. The van der Waals surface area contributed by atoms with Gasteiger partial charge in [-0.3, -0.25) is 9.59 Å². The summed E-state index contributed by atoms with van der Waals surface area (Å²) in [6.07, 6.45) is 2.90. The summed E-state index contributed by atoms with van der Waals surface area (Å²) in [7, 11) is -2.17. The van der Waals surface area contributed by atoms with Gasteiger partial charge in [0.1, 0.15) is 0 Å². The van der Waals surface area contributed by atoms with E-state index >= 15 is 0 Å². The number of amides is 1. The summed E-state index contributed by atoms with van der Waals surface area (Å²) in [6.45, 7) is 2.32. The van der Waals surface area contributed by atoms with Crippen LogP contribution in [0.1, 0.15) is 12.6 Å². The number of carbonyl (C=O) groups is 1. The molecule has 2 aromatic rings. The van der Waals surface area contributed by atoms with E-state index in [4.69, 9.17) is 5.14 Å². The van der Waals surface area contributed by atoms with Crippen molar-refractivity contribution in [2.75, 3.05) is 5.32 Å². The molecule has 124 valence electrons. The second-order valence-electron chi connectivity index (χ2n) is 5.09. The van der Waals surface area contributed by atoms with Gasteiger partial charge in [-0.1, -0.05) is 0 Å². The number of carbonyl (C=O) groups excluding carboxylic acids is 1. The molecule has 1 amide bonds. The van der Waals surface area contributed by atoms with Crippen molar-refractivity contribution in [3.05, 3.63) is 46.6 Å². The van der Waals surface area contributed by atoms with E-state index < -0.39 is 10.0 Å². The van der Waals surface area contributed by atoms with Crippen molar-refractivity contribution < 1.29 is 13.2 Å². The normalized spacial score (nSPS) is 11.4. The van der Waals surface area contributed by atoms with Gasteiger partial charge in [0, 0.05) is 37.7 Å². The van der Waals surface area contributed by atoms with Crippen LogP contribution in [-0.4, -0.2) is 23.5 Å². The smallest absolute Gasteiger partial charge is 0.250 e. The number of hydrogen-bond donors (Lipinski definition) is 2. The Morgan fingerprint density at radius 2 is 2.00 bits per heavy atom. The van der Waals surface area contributed by atoms with Gasteiger partial charge in [0.2, 0.25) is 15.9 Å². The van der Waals surface area contributed by atoms with Gasteiger partial charge in [0.15, 0.2) is 0 Å². The molecule has 23 heavy (non-hydrogen) atoms. The van der Waals surface area contributed by atoms with Gasteiger partial charge < -0.3 is 14.5 Å². The number of nitrogens with zero attached hydrogens (tertiary/aromatic N) is 2. The maximum atomic E-state index is 12.1. The van der Waals surface area contributed by atoms with Gasteiger partial charge >= 0.3 is 0 Å². The molecule has 2 rings (SSSR count). The van der Waals surface area contributed by atoms with Gasteiger partial charge in [-0.05, 0) is 19.1 Å². The van der Waals surface area contributed by atoms with Gasteiger partial charge in [-0.15, -0.1) is 0 Å². The lowest BCUT2D eigenvalue weighted by Gasteiger charge is -2.08. The highest BCUT2D eigenvalue weighted by molar-refractivity contribution is 7.89. The van der Waals surface area contributed by atoms with Crippen molar-refractivity contribution in [3.8, 4) is 0 Å². The van der Waals surface area contributed by atoms with Crippen LogP contribution < -0.4 is 16.0 Å². The molecule has 3 N–H and O–H groups in total. The number of sulfonamides is 1.